The fraction of sp³-hybridized carbons (Fsp3) is 0.621. The van der Waals surface area contributed by atoms with Gasteiger partial charge in [0.1, 0.15) is 12.1 Å². The number of carbonyl (C=O) groups is 4. The maximum absolute atomic E-state index is 14.4. The number of benzene rings is 1. The Kier molecular flexibility index (Phi) is 8.92. The van der Waals surface area contributed by atoms with Crippen molar-refractivity contribution in [3.8, 4) is 0 Å². The molecule has 1 aromatic rings. The summed E-state index contributed by atoms with van der Waals surface area (Å²) in [5.74, 6) is -1.76. The normalized spacial score (nSPS) is 24.8. The first-order valence-electron chi connectivity index (χ1n) is 13.9. The summed E-state index contributed by atoms with van der Waals surface area (Å²) in [7, 11) is 1.55. The molecule has 1 saturated carbocycles. The molecule has 0 spiro atoms. The van der Waals surface area contributed by atoms with Crippen LogP contribution >= 0.6 is 11.8 Å². The van der Waals surface area contributed by atoms with Crippen LogP contribution in [0.1, 0.15) is 82.2 Å². The van der Waals surface area contributed by atoms with E-state index < -0.39 is 41.0 Å². The Morgan fingerprint density at radius 3 is 2.38 bits per heavy atom. The topological polar surface area (TPSA) is 120 Å². The van der Waals surface area contributed by atoms with E-state index in [1.165, 1.54) is 4.90 Å². The number of hydrogen-bond acceptors (Lipinski definition) is 6. The van der Waals surface area contributed by atoms with Crippen molar-refractivity contribution in [1.29, 1.82) is 0 Å². The molecule has 1 aliphatic carbocycles. The first-order chi connectivity index (χ1) is 18.8. The van der Waals surface area contributed by atoms with Gasteiger partial charge in [0.05, 0.1) is 29.3 Å². The molecular formula is C29H40FN5O4S. The Labute approximate surface area is 239 Å². The van der Waals surface area contributed by atoms with Crippen LogP contribution in [0.4, 0.5) is 4.39 Å². The maximum atomic E-state index is 14.4. The molecule has 4 rings (SSSR count). The molecule has 0 aromatic heterocycles. The van der Waals surface area contributed by atoms with Crippen molar-refractivity contribution < 1.29 is 23.6 Å². The van der Waals surface area contributed by atoms with Gasteiger partial charge >= 0.3 is 0 Å². The first-order valence-corrected chi connectivity index (χ1v) is 14.9. The summed E-state index contributed by atoms with van der Waals surface area (Å²) in [4.78, 5) is 58.0. The van der Waals surface area contributed by atoms with Gasteiger partial charge < -0.3 is 20.9 Å². The Morgan fingerprint density at radius 2 is 1.82 bits per heavy atom. The van der Waals surface area contributed by atoms with Gasteiger partial charge in [0.15, 0.2) is 5.67 Å². The predicted octanol–water partition coefficient (Wildman–Crippen LogP) is 3.21. The zero-order valence-electron chi connectivity index (χ0n) is 23.8. The van der Waals surface area contributed by atoms with E-state index in [0.717, 1.165) is 11.1 Å². The maximum Gasteiger partial charge on any atom is 0.258 e. The number of thioether (sulfide) groups is 1. The number of likely N-dealkylation sites (tertiary alicyclic amines) is 1. The van der Waals surface area contributed by atoms with Crippen LogP contribution in [0.15, 0.2) is 29.3 Å². The summed E-state index contributed by atoms with van der Waals surface area (Å²) in [6.45, 7) is 7.83. The van der Waals surface area contributed by atoms with Crippen molar-refractivity contribution in [3.05, 3.63) is 35.4 Å². The molecule has 40 heavy (non-hydrogen) atoms. The van der Waals surface area contributed by atoms with E-state index in [2.05, 4.69) is 27.9 Å². The number of nitrogens with one attached hydrogen (secondary N) is 3. The van der Waals surface area contributed by atoms with Crippen LogP contribution in [0, 0.1) is 5.41 Å². The molecule has 0 radical (unpaired) electrons. The summed E-state index contributed by atoms with van der Waals surface area (Å²) < 4.78 is 14.4. The molecule has 2 fully saturated rings. The average molecular weight is 574 g/mol. The van der Waals surface area contributed by atoms with Crippen LogP contribution in [0.25, 0.3) is 0 Å². The lowest BCUT2D eigenvalue weighted by Gasteiger charge is -2.36. The highest BCUT2D eigenvalue weighted by molar-refractivity contribution is 8.12. The minimum Gasteiger partial charge on any atom is -0.359 e. The SMILES string of the molecule is CNC(=O)C[C@H](NC(=O)[C@@H]1CCCN1C(=O)[C@@H](NC(=O)C1(F)CC1)C(C)(C)C)c1ccc(C2SC=NC2C)cc1. The number of rotatable bonds is 9. The lowest BCUT2D eigenvalue weighted by Crippen LogP contribution is -2.59. The quantitative estimate of drug-likeness (QED) is 0.419. The van der Waals surface area contributed by atoms with Crippen LogP contribution < -0.4 is 16.0 Å². The van der Waals surface area contributed by atoms with Crippen molar-refractivity contribution in [3.63, 3.8) is 0 Å². The van der Waals surface area contributed by atoms with Crippen molar-refractivity contribution >= 4 is 40.9 Å². The largest absolute Gasteiger partial charge is 0.359 e. The van der Waals surface area contributed by atoms with Gasteiger partial charge in [-0.25, -0.2) is 4.39 Å². The number of hydrogen-bond donors (Lipinski definition) is 3. The minimum absolute atomic E-state index is 0.0409. The summed E-state index contributed by atoms with van der Waals surface area (Å²) in [5.41, 5.74) is 1.17. The van der Waals surface area contributed by atoms with Gasteiger partial charge in [-0.15, -0.1) is 11.8 Å². The molecule has 9 nitrogen and oxygen atoms in total. The van der Waals surface area contributed by atoms with E-state index in [0.29, 0.717) is 19.4 Å². The Balaban J connectivity index is 1.49. The summed E-state index contributed by atoms with van der Waals surface area (Å²) in [6, 6.07) is 5.68. The summed E-state index contributed by atoms with van der Waals surface area (Å²) >= 11 is 1.66. The highest BCUT2D eigenvalue weighted by Gasteiger charge is 2.53. The third kappa shape index (κ3) is 6.67. The molecule has 2 unspecified atom stereocenters. The van der Waals surface area contributed by atoms with Crippen molar-refractivity contribution in [2.24, 2.45) is 10.4 Å². The number of carbonyl (C=O) groups excluding carboxylic acids is 4. The molecule has 3 aliphatic rings. The number of nitrogens with zero attached hydrogens (tertiary/aromatic N) is 2. The fourth-order valence-corrected chi connectivity index (χ4v) is 6.19. The fourth-order valence-electron chi connectivity index (χ4n) is 5.19. The average Bonchev–Trinajstić information content (AvgIpc) is 3.28. The van der Waals surface area contributed by atoms with Gasteiger partial charge in [0.2, 0.25) is 17.7 Å². The standard InChI is InChI=1S/C29H40FN5O4S/c1-17-23(40-16-32-17)19-10-8-18(9-11-19)20(15-22(36)31-5)33-25(37)21-7-6-14-35(21)26(38)24(28(2,3)4)34-27(39)29(30)12-13-29/h8-11,16-17,20-21,23-24H,6-7,12-15H2,1-5H3,(H,31,36)(H,33,37)(H,34,39)/t17?,20-,21-,23?,24+/m0/s1. The van der Waals surface area contributed by atoms with Gasteiger partial charge in [-0.05, 0) is 49.1 Å². The third-order valence-electron chi connectivity index (χ3n) is 7.92. The lowest BCUT2D eigenvalue weighted by molar-refractivity contribution is -0.145. The van der Waals surface area contributed by atoms with Crippen LogP contribution in [0.3, 0.4) is 0 Å². The van der Waals surface area contributed by atoms with Crippen molar-refractivity contribution in [1.82, 2.24) is 20.9 Å². The second-order valence-corrected chi connectivity index (χ2v) is 13.1. The Bertz CT molecular complexity index is 1160. The smallest absolute Gasteiger partial charge is 0.258 e. The molecule has 1 saturated heterocycles. The molecule has 4 amide bonds. The molecule has 0 bridgehead atoms. The highest BCUT2D eigenvalue weighted by Crippen LogP contribution is 2.40. The van der Waals surface area contributed by atoms with E-state index in [-0.39, 0.29) is 42.4 Å². The minimum atomic E-state index is -1.91. The highest BCUT2D eigenvalue weighted by atomic mass is 32.2. The van der Waals surface area contributed by atoms with Gasteiger partial charge in [-0.3, -0.25) is 24.2 Å². The van der Waals surface area contributed by atoms with Crippen molar-refractivity contribution in [2.45, 2.75) is 94.9 Å². The van der Waals surface area contributed by atoms with Crippen LogP contribution in [0.5, 0.6) is 0 Å². The molecule has 2 aliphatic heterocycles. The molecule has 3 N–H and O–H groups in total. The lowest BCUT2D eigenvalue weighted by atomic mass is 9.85. The molecule has 5 atom stereocenters. The van der Waals surface area contributed by atoms with Crippen LogP contribution in [-0.4, -0.2) is 71.5 Å². The zero-order valence-corrected chi connectivity index (χ0v) is 24.6. The predicted molar refractivity (Wildman–Crippen MR) is 153 cm³/mol. The first kappa shape index (κ1) is 30.0. The third-order valence-corrected chi connectivity index (χ3v) is 9.12. The second-order valence-electron chi connectivity index (χ2n) is 12.1. The van der Waals surface area contributed by atoms with E-state index in [1.54, 1.807) is 39.6 Å². The number of aliphatic imine (C=N–C) groups is 1. The monoisotopic (exact) mass is 573 g/mol. The second kappa shape index (κ2) is 11.9. The Morgan fingerprint density at radius 1 is 1.15 bits per heavy atom. The molecular weight excluding hydrogens is 533 g/mol. The number of amides is 4. The zero-order chi connectivity index (χ0) is 29.2. The number of halogens is 1. The molecule has 2 heterocycles. The summed E-state index contributed by atoms with van der Waals surface area (Å²) in [5, 5.41) is 8.47. The van der Waals surface area contributed by atoms with Gasteiger partial charge in [0.25, 0.3) is 5.91 Å². The molecule has 1 aromatic carbocycles. The van der Waals surface area contributed by atoms with Crippen LogP contribution in [0.2, 0.25) is 0 Å². The van der Waals surface area contributed by atoms with Gasteiger partial charge in [0, 0.05) is 13.6 Å². The van der Waals surface area contributed by atoms with E-state index in [9.17, 15) is 23.6 Å². The Hall–Kier alpha value is -2.95. The van der Waals surface area contributed by atoms with E-state index in [4.69, 9.17) is 0 Å². The molecule has 11 heteroatoms. The van der Waals surface area contributed by atoms with E-state index in [1.807, 2.05) is 29.8 Å². The van der Waals surface area contributed by atoms with Crippen LogP contribution in [-0.2, 0) is 19.2 Å². The molecule has 218 valence electrons. The van der Waals surface area contributed by atoms with Gasteiger partial charge in [-0.2, -0.15) is 0 Å². The summed E-state index contributed by atoms with van der Waals surface area (Å²) in [6.07, 6.45) is 1.42. The number of alkyl halides is 1. The van der Waals surface area contributed by atoms with Gasteiger partial charge in [-0.1, -0.05) is 45.0 Å². The van der Waals surface area contributed by atoms with Crippen molar-refractivity contribution in [2.75, 3.05) is 13.6 Å². The van der Waals surface area contributed by atoms with E-state index >= 15 is 0 Å².